The maximum absolute atomic E-state index is 15.7. The number of carbonyl (C=O) groups is 2. The summed E-state index contributed by atoms with van der Waals surface area (Å²) in [5.41, 5.74) is 2.87. The van der Waals surface area contributed by atoms with Crippen LogP contribution in [0, 0.1) is 68.4 Å². The SMILES string of the molecule is CC1(C)COCCC1n1c(Cc2cc(F)c(-c3cccc(OCc4ccc(C#N)cc4F)n3)cc2F)nc2ccc(C(=O)O)cc21.CC1(C)COCCC1n1c(Cc2cc(F)c(-c3cccc(OCc4ccc(C#N)cc4F)n3)cc2F)nc2ccc(C(=O)O)cc21. The molecule has 92 heavy (non-hydrogen) atoms. The fourth-order valence-corrected chi connectivity index (χ4v) is 11.7. The molecule has 0 radical (unpaired) electrons. The van der Waals surface area contributed by atoms with Gasteiger partial charge in [-0.2, -0.15) is 10.5 Å². The molecule has 2 atom stereocenters. The molecule has 4 aromatic heterocycles. The molecule has 2 saturated heterocycles. The zero-order chi connectivity index (χ0) is 65.2. The second-order valence-electron chi connectivity index (χ2n) is 23.8. The van der Waals surface area contributed by atoms with Gasteiger partial charge in [-0.3, -0.25) is 0 Å². The molecule has 2 N–H and O–H groups in total. The summed E-state index contributed by atoms with van der Waals surface area (Å²) < 4.78 is 118. The number of ether oxygens (including phenoxy) is 4. The van der Waals surface area contributed by atoms with E-state index in [1.54, 1.807) is 36.4 Å². The molecule has 16 nitrogen and oxygen atoms in total. The highest BCUT2D eigenvalue weighted by molar-refractivity contribution is 5.93. The number of fused-ring (bicyclic) bond motifs is 2. The van der Waals surface area contributed by atoms with Crippen molar-refractivity contribution in [1.29, 1.82) is 10.5 Å². The highest BCUT2D eigenvalue weighted by Gasteiger charge is 2.39. The van der Waals surface area contributed by atoms with Gasteiger partial charge in [-0.25, -0.2) is 55.9 Å². The molecule has 2 aliphatic rings. The average Bonchev–Trinajstić information content (AvgIpc) is 1.59. The van der Waals surface area contributed by atoms with Crippen LogP contribution in [0.15, 0.2) is 133 Å². The number of benzene rings is 6. The zero-order valence-electron chi connectivity index (χ0n) is 50.1. The third-order valence-corrected chi connectivity index (χ3v) is 16.5. The highest BCUT2D eigenvalue weighted by Crippen LogP contribution is 2.43. The Hall–Kier alpha value is -10.4. The minimum absolute atomic E-state index is 0.0414. The van der Waals surface area contributed by atoms with Crippen LogP contribution in [0.2, 0.25) is 0 Å². The molecule has 2 fully saturated rings. The van der Waals surface area contributed by atoms with Crippen LogP contribution in [0.4, 0.5) is 26.3 Å². The number of rotatable bonds is 16. The first-order chi connectivity index (χ1) is 44.1. The predicted octanol–water partition coefficient (Wildman–Crippen LogP) is 14.5. The maximum Gasteiger partial charge on any atom is 0.335 e. The summed E-state index contributed by atoms with van der Waals surface area (Å²) >= 11 is 0. The fraction of sp³-hybridized carbons (Fsp3) is 0.257. The Balaban J connectivity index is 0.000000188. The molecule has 22 heteroatoms. The average molecular weight is 1250 g/mol. The van der Waals surface area contributed by atoms with E-state index in [2.05, 4.69) is 9.97 Å². The second kappa shape index (κ2) is 26.2. The number of halogens is 6. The number of carboxylic acids is 2. The van der Waals surface area contributed by atoms with Crippen molar-refractivity contribution in [2.24, 2.45) is 10.8 Å². The number of imidazole rings is 2. The second-order valence-corrected chi connectivity index (χ2v) is 23.8. The van der Waals surface area contributed by atoms with Crippen molar-refractivity contribution in [2.45, 2.75) is 78.7 Å². The Morgan fingerprint density at radius 2 is 0.924 bits per heavy atom. The zero-order valence-corrected chi connectivity index (χ0v) is 50.1. The first-order valence-electron chi connectivity index (χ1n) is 29.2. The monoisotopic (exact) mass is 1250 g/mol. The van der Waals surface area contributed by atoms with Crippen LogP contribution in [-0.2, 0) is 35.5 Å². The highest BCUT2D eigenvalue weighted by atomic mass is 19.1. The number of aromatic nitrogens is 6. The van der Waals surface area contributed by atoms with Gasteiger partial charge in [-0.1, -0.05) is 52.0 Å². The topological polar surface area (TPSA) is 221 Å². The summed E-state index contributed by atoms with van der Waals surface area (Å²) in [6.07, 6.45) is 1.20. The molecule has 2 aliphatic heterocycles. The summed E-state index contributed by atoms with van der Waals surface area (Å²) in [6, 6.07) is 34.4. The van der Waals surface area contributed by atoms with Crippen LogP contribution in [0.5, 0.6) is 11.8 Å². The third kappa shape index (κ3) is 13.4. The lowest BCUT2D eigenvalue weighted by Crippen LogP contribution is -2.37. The minimum atomic E-state index is -1.07. The standard InChI is InChI=1S/2C35H29F3N4O4/c2*1-35(2)19-45-11-10-31(35)42-30-14-21(34(43)44)8-9-29(30)40-32(42)15-23-13-27(38)24(16-26(23)37)28-4-3-5-33(41-28)46-18-22-7-6-20(17-39)12-25(22)36/h2*3-9,12-14,16,31H,10-11,15,18-19H2,1-2H3,(H,43,44). The molecule has 0 spiro atoms. The number of nitriles is 2. The molecule has 6 aromatic carbocycles. The Bertz CT molecular complexity index is 4320. The van der Waals surface area contributed by atoms with Crippen LogP contribution < -0.4 is 9.47 Å². The van der Waals surface area contributed by atoms with Crippen molar-refractivity contribution in [2.75, 3.05) is 26.4 Å². The lowest BCUT2D eigenvalue weighted by molar-refractivity contribution is -0.0250. The third-order valence-electron chi connectivity index (χ3n) is 16.5. The van der Waals surface area contributed by atoms with Gasteiger partial charge < -0.3 is 38.3 Å². The van der Waals surface area contributed by atoms with Crippen molar-refractivity contribution in [3.05, 3.63) is 225 Å². The summed E-state index contributed by atoms with van der Waals surface area (Å²) in [5, 5.41) is 37.1. The summed E-state index contributed by atoms with van der Waals surface area (Å²) in [4.78, 5) is 41.6. The van der Waals surface area contributed by atoms with Gasteiger partial charge in [0.2, 0.25) is 11.8 Å². The lowest BCUT2D eigenvalue weighted by atomic mass is 9.81. The van der Waals surface area contributed by atoms with E-state index in [1.807, 2.05) is 49.0 Å². The van der Waals surface area contributed by atoms with Crippen LogP contribution in [-0.4, -0.2) is 77.6 Å². The van der Waals surface area contributed by atoms with Gasteiger partial charge >= 0.3 is 11.9 Å². The normalized spacial score (nSPS) is 15.9. The number of hydrogen-bond donors (Lipinski definition) is 2. The minimum Gasteiger partial charge on any atom is -0.478 e. The van der Waals surface area contributed by atoms with Crippen molar-refractivity contribution < 1.29 is 65.1 Å². The van der Waals surface area contributed by atoms with Crippen molar-refractivity contribution in [3.63, 3.8) is 0 Å². The van der Waals surface area contributed by atoms with Gasteiger partial charge in [0.25, 0.3) is 0 Å². The molecule has 0 bridgehead atoms. The molecular weight excluding hydrogens is 1190 g/mol. The molecule has 0 aliphatic carbocycles. The molecule has 6 heterocycles. The smallest absolute Gasteiger partial charge is 0.335 e. The van der Waals surface area contributed by atoms with E-state index < -0.39 is 46.8 Å². The van der Waals surface area contributed by atoms with E-state index in [-0.39, 0.29) is 128 Å². The largest absolute Gasteiger partial charge is 0.478 e. The van der Waals surface area contributed by atoms with Gasteiger partial charge in [0.15, 0.2) is 0 Å². The van der Waals surface area contributed by atoms with E-state index >= 15 is 17.6 Å². The first kappa shape index (κ1) is 63.2. The summed E-state index contributed by atoms with van der Waals surface area (Å²) in [6.45, 7) is 9.80. The van der Waals surface area contributed by atoms with Gasteiger partial charge in [0.05, 0.1) is 81.1 Å². The predicted molar refractivity (Wildman–Crippen MR) is 326 cm³/mol. The first-order valence-corrected chi connectivity index (χ1v) is 29.2. The fourth-order valence-electron chi connectivity index (χ4n) is 11.7. The van der Waals surface area contributed by atoms with E-state index in [9.17, 15) is 28.6 Å². The van der Waals surface area contributed by atoms with Gasteiger partial charge in [-0.15, -0.1) is 0 Å². The van der Waals surface area contributed by atoms with E-state index in [1.165, 1.54) is 60.7 Å². The quantitative estimate of drug-likeness (QED) is 0.0860. The van der Waals surface area contributed by atoms with E-state index in [0.717, 1.165) is 36.4 Å². The van der Waals surface area contributed by atoms with Gasteiger partial charge in [-0.05, 0) is 121 Å². The number of hydrogen-bond acceptors (Lipinski definition) is 12. The molecule has 0 amide bonds. The maximum atomic E-state index is 15.7. The Labute approximate surface area is 523 Å². The molecule has 2 unspecified atom stereocenters. The van der Waals surface area contributed by atoms with E-state index in [0.29, 0.717) is 73.0 Å². The number of carboxylic acid groups (broad SMARTS) is 2. The van der Waals surface area contributed by atoms with Gasteiger partial charge in [0.1, 0.15) is 59.8 Å². The van der Waals surface area contributed by atoms with Crippen LogP contribution >= 0.6 is 0 Å². The lowest BCUT2D eigenvalue weighted by Gasteiger charge is -2.40. The molecular formula is C70H58F6N8O8. The number of pyridine rings is 2. The van der Waals surface area contributed by atoms with Crippen LogP contribution in [0.1, 0.15) is 118 Å². The van der Waals surface area contributed by atoms with Crippen LogP contribution in [0.3, 0.4) is 0 Å². The molecule has 10 aromatic rings. The van der Waals surface area contributed by atoms with Crippen molar-refractivity contribution in [3.8, 4) is 46.4 Å². The Kier molecular flexibility index (Phi) is 18.0. The van der Waals surface area contributed by atoms with Crippen LogP contribution in [0.25, 0.3) is 44.6 Å². The molecule has 468 valence electrons. The Morgan fingerprint density at radius 3 is 1.29 bits per heavy atom. The van der Waals surface area contributed by atoms with Crippen molar-refractivity contribution >= 4 is 34.0 Å². The Morgan fingerprint density at radius 1 is 0.522 bits per heavy atom. The van der Waals surface area contributed by atoms with Crippen molar-refractivity contribution in [1.82, 2.24) is 29.1 Å². The van der Waals surface area contributed by atoms with Gasteiger partial charge in [0, 0.05) is 83.4 Å². The summed E-state index contributed by atoms with van der Waals surface area (Å²) in [5.74, 6) is -4.98. The van der Waals surface area contributed by atoms with E-state index in [4.69, 9.17) is 39.4 Å². The summed E-state index contributed by atoms with van der Waals surface area (Å²) in [7, 11) is 0. The molecule has 0 saturated carbocycles. The molecule has 12 rings (SSSR count). The number of aromatic carboxylic acids is 2. The number of nitrogens with zero attached hydrogens (tertiary/aromatic N) is 8.